The van der Waals surface area contributed by atoms with Gasteiger partial charge < -0.3 is 0 Å². The van der Waals surface area contributed by atoms with E-state index < -0.39 is 0 Å². The summed E-state index contributed by atoms with van der Waals surface area (Å²) in [4.78, 5) is 0. The van der Waals surface area contributed by atoms with Gasteiger partial charge in [-0.15, -0.1) is 0 Å². The number of hydrogen-bond acceptors (Lipinski definition) is 0. The predicted molar refractivity (Wildman–Crippen MR) is 93.2 cm³/mol. The van der Waals surface area contributed by atoms with Gasteiger partial charge in [0.15, 0.2) is 0 Å². The van der Waals surface area contributed by atoms with Crippen LogP contribution in [-0.2, 0) is 12.8 Å². The molecule has 20 heavy (non-hydrogen) atoms. The van der Waals surface area contributed by atoms with Gasteiger partial charge in [-0.25, -0.2) is 0 Å². The van der Waals surface area contributed by atoms with Gasteiger partial charge in [0.2, 0.25) is 0 Å². The third-order valence-electron chi connectivity index (χ3n) is 4.26. The van der Waals surface area contributed by atoms with E-state index in [1.165, 1.54) is 67.8 Å². The minimum Gasteiger partial charge on any atom is -0.0795 e. The number of fused-ring (bicyclic) bond motifs is 1. The summed E-state index contributed by atoms with van der Waals surface area (Å²) in [7, 11) is 0. The van der Waals surface area contributed by atoms with E-state index in [2.05, 4.69) is 47.1 Å². The average Bonchev–Trinajstić information content (AvgIpc) is 2.89. The molecule has 0 radical (unpaired) electrons. The Hall–Kier alpha value is -0.560. The van der Waals surface area contributed by atoms with Crippen molar-refractivity contribution in [2.45, 2.75) is 71.1 Å². The van der Waals surface area contributed by atoms with Crippen molar-refractivity contribution in [3.05, 3.63) is 39.4 Å². The van der Waals surface area contributed by atoms with Crippen LogP contribution in [0.15, 0.2) is 22.7 Å². The molecule has 0 amide bonds. The van der Waals surface area contributed by atoms with Crippen LogP contribution in [0.5, 0.6) is 0 Å². The van der Waals surface area contributed by atoms with Crippen LogP contribution in [-0.4, -0.2) is 0 Å². The molecule has 0 aromatic heterocycles. The van der Waals surface area contributed by atoms with Crippen LogP contribution in [0.3, 0.4) is 0 Å². The zero-order valence-electron chi connectivity index (χ0n) is 12.8. The summed E-state index contributed by atoms with van der Waals surface area (Å²) in [5.41, 5.74) is 4.55. The highest BCUT2D eigenvalue weighted by atomic mass is 79.9. The Morgan fingerprint density at radius 2 is 1.65 bits per heavy atom. The molecule has 0 spiro atoms. The van der Waals surface area contributed by atoms with Crippen molar-refractivity contribution < 1.29 is 0 Å². The molecule has 0 saturated heterocycles. The van der Waals surface area contributed by atoms with Gasteiger partial charge >= 0.3 is 0 Å². The highest BCUT2D eigenvalue weighted by Gasteiger charge is 2.11. The van der Waals surface area contributed by atoms with Gasteiger partial charge in [-0.3, -0.25) is 0 Å². The third kappa shape index (κ3) is 4.77. The summed E-state index contributed by atoms with van der Waals surface area (Å²) < 4.78 is 1.23. The minimum absolute atomic E-state index is 1.13. The predicted octanol–water partition coefficient (Wildman–Crippen LogP) is 6.70. The van der Waals surface area contributed by atoms with Gasteiger partial charge in [0.25, 0.3) is 0 Å². The largest absolute Gasteiger partial charge is 0.0795 e. The van der Waals surface area contributed by atoms with Crippen molar-refractivity contribution >= 4 is 22.0 Å². The van der Waals surface area contributed by atoms with Crippen molar-refractivity contribution in [2.24, 2.45) is 0 Å². The first kappa shape index (κ1) is 15.8. The van der Waals surface area contributed by atoms with Gasteiger partial charge in [0.05, 0.1) is 0 Å². The highest BCUT2D eigenvalue weighted by molar-refractivity contribution is 9.10. The monoisotopic (exact) mass is 334 g/mol. The fraction of sp³-hybridized carbons (Fsp3) is 0.579. The molecule has 0 heterocycles. The van der Waals surface area contributed by atoms with Crippen LogP contribution in [0.4, 0.5) is 0 Å². The van der Waals surface area contributed by atoms with Crippen LogP contribution >= 0.6 is 15.9 Å². The molecular formula is C19H27Br. The molecule has 110 valence electrons. The summed E-state index contributed by atoms with van der Waals surface area (Å²) >= 11 is 3.64. The molecule has 2 rings (SSSR count). The number of unbranched alkanes of at least 4 members (excludes halogenated alkanes) is 7. The molecule has 0 bridgehead atoms. The number of halogens is 1. The lowest BCUT2D eigenvalue weighted by Crippen LogP contribution is -1.95. The number of rotatable bonds is 9. The van der Waals surface area contributed by atoms with Gasteiger partial charge in [-0.1, -0.05) is 80.0 Å². The number of allylic oxidation sites excluding steroid dienone is 1. The zero-order valence-corrected chi connectivity index (χ0v) is 14.3. The normalized spacial score (nSPS) is 12.9. The lowest BCUT2D eigenvalue weighted by atomic mass is 9.97. The second kappa shape index (κ2) is 8.67. The van der Waals surface area contributed by atoms with Crippen molar-refractivity contribution in [1.82, 2.24) is 0 Å². The second-order valence-electron chi connectivity index (χ2n) is 5.96. The van der Waals surface area contributed by atoms with E-state index in [0.29, 0.717) is 0 Å². The standard InChI is InChI=1S/C19H27Br/c1-2-3-4-5-6-7-8-9-11-16-14-18(20)15-17-12-10-13-19(16)17/h10,12,14-15H,2-9,11,13H2,1H3. The number of benzene rings is 1. The van der Waals surface area contributed by atoms with Crippen LogP contribution in [0, 0.1) is 0 Å². The Kier molecular flexibility index (Phi) is 6.86. The topological polar surface area (TPSA) is 0 Å². The molecule has 0 unspecified atom stereocenters. The molecule has 0 fully saturated rings. The highest BCUT2D eigenvalue weighted by Crippen LogP contribution is 2.28. The van der Waals surface area contributed by atoms with Crippen LogP contribution in [0.1, 0.15) is 75.0 Å². The fourth-order valence-electron chi connectivity index (χ4n) is 3.09. The Morgan fingerprint density at radius 3 is 2.40 bits per heavy atom. The number of aryl methyl sites for hydroxylation is 1. The third-order valence-corrected chi connectivity index (χ3v) is 4.72. The van der Waals surface area contributed by atoms with Gasteiger partial charge in [-0.2, -0.15) is 0 Å². The molecule has 1 aliphatic rings. The first-order valence-corrected chi connectivity index (χ1v) is 9.08. The Balaban J connectivity index is 1.68. The van der Waals surface area contributed by atoms with Crippen LogP contribution < -0.4 is 0 Å². The smallest absolute Gasteiger partial charge is 0.0184 e. The van der Waals surface area contributed by atoms with Crippen molar-refractivity contribution in [3.8, 4) is 0 Å². The molecule has 1 heteroatoms. The van der Waals surface area contributed by atoms with Crippen molar-refractivity contribution in [2.75, 3.05) is 0 Å². The Morgan fingerprint density at radius 1 is 0.950 bits per heavy atom. The molecule has 0 atom stereocenters. The first-order chi connectivity index (χ1) is 9.81. The molecular weight excluding hydrogens is 308 g/mol. The van der Waals surface area contributed by atoms with Crippen LogP contribution in [0.25, 0.3) is 6.08 Å². The minimum atomic E-state index is 1.13. The molecule has 0 N–H and O–H groups in total. The van der Waals surface area contributed by atoms with Crippen LogP contribution in [0.2, 0.25) is 0 Å². The van der Waals surface area contributed by atoms with E-state index >= 15 is 0 Å². The van der Waals surface area contributed by atoms with Crippen molar-refractivity contribution in [3.63, 3.8) is 0 Å². The molecule has 0 aliphatic heterocycles. The summed E-state index contributed by atoms with van der Waals surface area (Å²) in [6.07, 6.45) is 18.1. The molecule has 1 aromatic rings. The van der Waals surface area contributed by atoms with E-state index in [9.17, 15) is 0 Å². The zero-order chi connectivity index (χ0) is 14.2. The van der Waals surface area contributed by atoms with E-state index in [4.69, 9.17) is 0 Å². The Bertz CT molecular complexity index is 445. The summed E-state index contributed by atoms with van der Waals surface area (Å²) in [6, 6.07) is 4.57. The van der Waals surface area contributed by atoms with E-state index in [1.807, 2.05) is 0 Å². The SMILES string of the molecule is CCCCCCCCCCc1cc(Br)cc2c1CC=C2. The second-order valence-corrected chi connectivity index (χ2v) is 6.88. The molecule has 1 aliphatic carbocycles. The van der Waals surface area contributed by atoms with Gasteiger partial charge in [0.1, 0.15) is 0 Å². The van der Waals surface area contributed by atoms with E-state index in [0.717, 1.165) is 6.42 Å². The van der Waals surface area contributed by atoms with E-state index in [1.54, 1.807) is 11.1 Å². The molecule has 0 nitrogen and oxygen atoms in total. The lowest BCUT2D eigenvalue weighted by molar-refractivity contribution is 0.575. The van der Waals surface area contributed by atoms with Gasteiger partial charge in [0, 0.05) is 4.47 Å². The van der Waals surface area contributed by atoms with E-state index in [-0.39, 0.29) is 0 Å². The molecule has 1 aromatic carbocycles. The van der Waals surface area contributed by atoms with Gasteiger partial charge in [-0.05, 0) is 48.1 Å². The average molecular weight is 335 g/mol. The Labute approximate surface area is 132 Å². The molecule has 0 saturated carbocycles. The maximum absolute atomic E-state index is 3.64. The maximum Gasteiger partial charge on any atom is 0.0184 e. The lowest BCUT2D eigenvalue weighted by Gasteiger charge is -2.10. The maximum atomic E-state index is 3.64. The quantitative estimate of drug-likeness (QED) is 0.440. The summed E-state index contributed by atoms with van der Waals surface area (Å²) in [6.45, 7) is 2.28. The summed E-state index contributed by atoms with van der Waals surface area (Å²) in [5.74, 6) is 0. The number of hydrogen-bond donors (Lipinski definition) is 0. The summed E-state index contributed by atoms with van der Waals surface area (Å²) in [5, 5.41) is 0. The first-order valence-electron chi connectivity index (χ1n) is 8.29. The van der Waals surface area contributed by atoms with Crippen molar-refractivity contribution in [1.29, 1.82) is 0 Å². The fourth-order valence-corrected chi connectivity index (χ4v) is 3.61.